The lowest BCUT2D eigenvalue weighted by Gasteiger charge is -2.26. The molecular formula is C16H21NO2. The first-order valence-corrected chi connectivity index (χ1v) is 6.99. The van der Waals surface area contributed by atoms with Gasteiger partial charge in [0.2, 0.25) is 0 Å². The van der Waals surface area contributed by atoms with Gasteiger partial charge in [0.15, 0.2) is 0 Å². The third-order valence-corrected chi connectivity index (χ3v) is 3.39. The van der Waals surface area contributed by atoms with Gasteiger partial charge in [0.1, 0.15) is 0 Å². The van der Waals surface area contributed by atoms with E-state index in [4.69, 9.17) is 5.11 Å². The number of aliphatic carboxylic acids is 1. The van der Waals surface area contributed by atoms with E-state index in [-0.39, 0.29) is 0 Å². The van der Waals surface area contributed by atoms with Gasteiger partial charge < -0.3 is 10.0 Å². The van der Waals surface area contributed by atoms with Crippen molar-refractivity contribution in [3.05, 3.63) is 35.9 Å². The maximum atomic E-state index is 10.7. The lowest BCUT2D eigenvalue weighted by molar-refractivity contribution is -0.131. The quantitative estimate of drug-likeness (QED) is 0.761. The Morgan fingerprint density at radius 2 is 2.16 bits per heavy atom. The Labute approximate surface area is 114 Å². The van der Waals surface area contributed by atoms with Crippen molar-refractivity contribution in [2.45, 2.75) is 38.6 Å². The number of unbranched alkanes of at least 4 members (excludes halogenated alkanes) is 1. The number of carboxylic acid groups (broad SMARTS) is 1. The molecule has 0 bridgehead atoms. The minimum Gasteiger partial charge on any atom is -0.478 e. The second-order valence-corrected chi connectivity index (χ2v) is 5.01. The van der Waals surface area contributed by atoms with Gasteiger partial charge in [-0.1, -0.05) is 31.5 Å². The van der Waals surface area contributed by atoms with Gasteiger partial charge in [0, 0.05) is 24.4 Å². The van der Waals surface area contributed by atoms with Crippen LogP contribution in [0.2, 0.25) is 0 Å². The fraction of sp³-hybridized carbons (Fsp3) is 0.438. The number of carbonyl (C=O) groups is 1. The molecule has 0 unspecified atom stereocenters. The van der Waals surface area contributed by atoms with Gasteiger partial charge in [-0.05, 0) is 37.0 Å². The number of hydrogen-bond acceptors (Lipinski definition) is 2. The Hall–Kier alpha value is -1.77. The first kappa shape index (κ1) is 13.7. The standard InChI is InChI=1S/C16H21NO2/c1-2-3-12-17(14-9-10-14)15-7-5-4-6-13(15)8-11-16(18)19/h4-8,11,14H,2-3,9-10,12H2,1H3,(H,18,19)/b11-8+. The largest absolute Gasteiger partial charge is 0.478 e. The summed E-state index contributed by atoms with van der Waals surface area (Å²) < 4.78 is 0. The Morgan fingerprint density at radius 1 is 1.42 bits per heavy atom. The number of anilines is 1. The molecule has 1 aliphatic rings. The van der Waals surface area contributed by atoms with E-state index >= 15 is 0 Å². The molecule has 0 aromatic heterocycles. The molecule has 1 aliphatic carbocycles. The van der Waals surface area contributed by atoms with Crippen molar-refractivity contribution in [1.29, 1.82) is 0 Å². The van der Waals surface area contributed by atoms with E-state index in [0.29, 0.717) is 6.04 Å². The molecule has 3 heteroatoms. The zero-order valence-corrected chi connectivity index (χ0v) is 11.4. The van der Waals surface area contributed by atoms with Crippen molar-refractivity contribution in [3.63, 3.8) is 0 Å². The fourth-order valence-electron chi connectivity index (χ4n) is 2.27. The van der Waals surface area contributed by atoms with Gasteiger partial charge in [-0.15, -0.1) is 0 Å². The van der Waals surface area contributed by atoms with E-state index < -0.39 is 5.97 Å². The summed E-state index contributed by atoms with van der Waals surface area (Å²) in [6.07, 6.45) is 7.76. The molecule has 3 nitrogen and oxygen atoms in total. The number of hydrogen-bond donors (Lipinski definition) is 1. The highest BCUT2D eigenvalue weighted by Gasteiger charge is 2.29. The normalized spacial score (nSPS) is 14.8. The van der Waals surface area contributed by atoms with E-state index in [1.807, 2.05) is 18.2 Å². The summed E-state index contributed by atoms with van der Waals surface area (Å²) in [6.45, 7) is 3.25. The molecule has 19 heavy (non-hydrogen) atoms. The van der Waals surface area contributed by atoms with E-state index in [9.17, 15) is 4.79 Å². The van der Waals surface area contributed by atoms with Crippen LogP contribution in [0.1, 0.15) is 38.2 Å². The molecule has 2 rings (SSSR count). The molecule has 1 aromatic rings. The van der Waals surface area contributed by atoms with Crippen LogP contribution in [0, 0.1) is 0 Å². The molecule has 1 aromatic carbocycles. The molecule has 0 saturated heterocycles. The van der Waals surface area contributed by atoms with Crippen LogP contribution in [0.25, 0.3) is 6.08 Å². The summed E-state index contributed by atoms with van der Waals surface area (Å²) in [4.78, 5) is 13.1. The van der Waals surface area contributed by atoms with Crippen molar-refractivity contribution in [2.75, 3.05) is 11.4 Å². The summed E-state index contributed by atoms with van der Waals surface area (Å²) in [5.74, 6) is -0.902. The zero-order valence-electron chi connectivity index (χ0n) is 11.4. The van der Waals surface area contributed by atoms with Gasteiger partial charge in [-0.3, -0.25) is 0 Å². The van der Waals surface area contributed by atoms with Gasteiger partial charge >= 0.3 is 5.97 Å². The Morgan fingerprint density at radius 3 is 2.79 bits per heavy atom. The van der Waals surface area contributed by atoms with Crippen molar-refractivity contribution >= 4 is 17.7 Å². The van der Waals surface area contributed by atoms with Gasteiger partial charge in [0.25, 0.3) is 0 Å². The van der Waals surface area contributed by atoms with Crippen LogP contribution in [0.3, 0.4) is 0 Å². The lowest BCUT2D eigenvalue weighted by Crippen LogP contribution is -2.27. The van der Waals surface area contributed by atoms with Crippen LogP contribution < -0.4 is 4.90 Å². The molecule has 102 valence electrons. The highest BCUT2D eigenvalue weighted by atomic mass is 16.4. The van der Waals surface area contributed by atoms with Crippen molar-refractivity contribution < 1.29 is 9.90 Å². The average Bonchev–Trinajstić information content (AvgIpc) is 3.22. The van der Waals surface area contributed by atoms with Crippen LogP contribution in [0.5, 0.6) is 0 Å². The van der Waals surface area contributed by atoms with E-state index in [0.717, 1.165) is 17.8 Å². The van der Waals surface area contributed by atoms with Crippen LogP contribution in [0.15, 0.2) is 30.3 Å². The van der Waals surface area contributed by atoms with Crippen molar-refractivity contribution in [1.82, 2.24) is 0 Å². The maximum absolute atomic E-state index is 10.7. The molecule has 1 N–H and O–H groups in total. The Kier molecular flexibility index (Phi) is 4.61. The number of rotatable bonds is 7. The third kappa shape index (κ3) is 3.85. The molecule has 1 fully saturated rings. The van der Waals surface area contributed by atoms with E-state index in [2.05, 4.69) is 17.9 Å². The molecule has 1 saturated carbocycles. The second kappa shape index (κ2) is 6.41. The van der Waals surface area contributed by atoms with Crippen LogP contribution >= 0.6 is 0 Å². The number of carboxylic acids is 1. The maximum Gasteiger partial charge on any atom is 0.328 e. The van der Waals surface area contributed by atoms with Crippen molar-refractivity contribution in [3.8, 4) is 0 Å². The van der Waals surface area contributed by atoms with Crippen LogP contribution in [-0.2, 0) is 4.79 Å². The molecule has 0 aliphatic heterocycles. The van der Waals surface area contributed by atoms with E-state index in [1.165, 1.54) is 31.8 Å². The number of nitrogens with zero attached hydrogens (tertiary/aromatic N) is 1. The monoisotopic (exact) mass is 259 g/mol. The summed E-state index contributed by atoms with van der Waals surface area (Å²) in [5, 5.41) is 8.77. The molecule has 0 atom stereocenters. The average molecular weight is 259 g/mol. The van der Waals surface area contributed by atoms with Crippen LogP contribution in [-0.4, -0.2) is 23.7 Å². The SMILES string of the molecule is CCCCN(c1ccccc1/C=C/C(=O)O)C1CC1. The smallest absolute Gasteiger partial charge is 0.328 e. The Bertz CT molecular complexity index is 464. The van der Waals surface area contributed by atoms with Crippen molar-refractivity contribution in [2.24, 2.45) is 0 Å². The van der Waals surface area contributed by atoms with Gasteiger partial charge in [-0.25, -0.2) is 4.79 Å². The van der Waals surface area contributed by atoms with Gasteiger partial charge in [-0.2, -0.15) is 0 Å². The molecule has 0 amide bonds. The molecule has 0 spiro atoms. The first-order valence-electron chi connectivity index (χ1n) is 6.99. The predicted octanol–water partition coefficient (Wildman–Crippen LogP) is 3.55. The molecular weight excluding hydrogens is 238 g/mol. The molecule has 0 radical (unpaired) electrons. The molecule has 0 heterocycles. The third-order valence-electron chi connectivity index (χ3n) is 3.39. The van der Waals surface area contributed by atoms with E-state index in [1.54, 1.807) is 6.08 Å². The number of para-hydroxylation sites is 1. The highest BCUT2D eigenvalue weighted by Crippen LogP contribution is 2.34. The number of benzene rings is 1. The summed E-state index contributed by atoms with van der Waals surface area (Å²) >= 11 is 0. The zero-order chi connectivity index (χ0) is 13.7. The summed E-state index contributed by atoms with van der Waals surface area (Å²) in [7, 11) is 0. The minimum atomic E-state index is -0.902. The lowest BCUT2D eigenvalue weighted by atomic mass is 10.1. The minimum absolute atomic E-state index is 0.644. The summed E-state index contributed by atoms with van der Waals surface area (Å²) in [6, 6.07) is 8.70. The second-order valence-electron chi connectivity index (χ2n) is 5.01. The highest BCUT2D eigenvalue weighted by molar-refractivity contribution is 5.87. The van der Waals surface area contributed by atoms with Crippen LogP contribution in [0.4, 0.5) is 5.69 Å². The fourth-order valence-corrected chi connectivity index (χ4v) is 2.27. The predicted molar refractivity (Wildman–Crippen MR) is 78.4 cm³/mol. The first-order chi connectivity index (χ1) is 9.22. The van der Waals surface area contributed by atoms with Gasteiger partial charge in [0.05, 0.1) is 0 Å². The topological polar surface area (TPSA) is 40.5 Å². The Balaban J connectivity index is 2.22. The summed E-state index contributed by atoms with van der Waals surface area (Å²) in [5.41, 5.74) is 2.16.